The first kappa shape index (κ1) is 18.5. The molecular formula is C19H23ClN4O2. The largest absolute Gasteiger partial charge is 0.493 e. The van der Waals surface area contributed by atoms with E-state index >= 15 is 0 Å². The number of rotatable bonds is 6. The van der Waals surface area contributed by atoms with Gasteiger partial charge in [-0.15, -0.1) is 0 Å². The molecule has 1 aliphatic rings. The molecule has 6 nitrogen and oxygen atoms in total. The summed E-state index contributed by atoms with van der Waals surface area (Å²) < 4.78 is 5.72. The lowest BCUT2D eigenvalue weighted by Gasteiger charge is -2.24. The fourth-order valence-corrected chi connectivity index (χ4v) is 3.36. The molecule has 0 saturated heterocycles. The Bertz CT molecular complexity index is 797. The monoisotopic (exact) mass is 374 g/mol. The summed E-state index contributed by atoms with van der Waals surface area (Å²) in [6, 6.07) is 5.64. The molecule has 1 unspecified atom stereocenters. The van der Waals surface area contributed by atoms with Crippen molar-refractivity contribution >= 4 is 23.5 Å². The molecule has 7 heteroatoms. The summed E-state index contributed by atoms with van der Waals surface area (Å²) >= 11 is 5.93. The summed E-state index contributed by atoms with van der Waals surface area (Å²) in [7, 11) is 0. The molecule has 0 aliphatic heterocycles. The summed E-state index contributed by atoms with van der Waals surface area (Å²) in [5, 5.41) is 3.78. The average molecular weight is 375 g/mol. The molecule has 1 aromatic carbocycles. The molecule has 138 valence electrons. The van der Waals surface area contributed by atoms with E-state index in [2.05, 4.69) is 15.3 Å². The van der Waals surface area contributed by atoms with Gasteiger partial charge >= 0.3 is 0 Å². The number of nitrogens with two attached hydrogens (primary N) is 1. The molecule has 1 amide bonds. The summed E-state index contributed by atoms with van der Waals surface area (Å²) in [6.07, 6.45) is 5.30. The number of anilines is 1. The van der Waals surface area contributed by atoms with Crippen molar-refractivity contribution in [2.45, 2.75) is 45.1 Å². The topological polar surface area (TPSA) is 90.1 Å². The maximum absolute atomic E-state index is 12.2. The van der Waals surface area contributed by atoms with Crippen LogP contribution in [0.5, 0.6) is 5.75 Å². The minimum atomic E-state index is 0.0474. The van der Waals surface area contributed by atoms with Gasteiger partial charge in [-0.1, -0.05) is 11.6 Å². The Kier molecular flexibility index (Phi) is 5.93. The first-order valence-electron chi connectivity index (χ1n) is 8.80. The van der Waals surface area contributed by atoms with Crippen molar-refractivity contribution in [3.8, 4) is 5.75 Å². The van der Waals surface area contributed by atoms with E-state index in [9.17, 15) is 4.79 Å². The Morgan fingerprint density at radius 1 is 1.46 bits per heavy atom. The van der Waals surface area contributed by atoms with E-state index in [1.54, 1.807) is 12.3 Å². The van der Waals surface area contributed by atoms with Gasteiger partial charge in [0, 0.05) is 29.4 Å². The SMILES string of the molecule is Cc1cc(Cl)ccc1OCCCC(=O)NC1CCc2nc(N)ncc2C1. The van der Waals surface area contributed by atoms with Crippen LogP contribution in [-0.4, -0.2) is 28.5 Å². The predicted molar refractivity (Wildman–Crippen MR) is 101 cm³/mol. The van der Waals surface area contributed by atoms with Gasteiger partial charge in [0.15, 0.2) is 0 Å². The molecule has 1 aliphatic carbocycles. The lowest BCUT2D eigenvalue weighted by atomic mass is 9.93. The second kappa shape index (κ2) is 8.36. The quantitative estimate of drug-likeness (QED) is 0.759. The number of benzene rings is 1. The number of nitrogens with one attached hydrogen (secondary N) is 1. The van der Waals surface area contributed by atoms with Gasteiger partial charge in [0.2, 0.25) is 11.9 Å². The molecule has 1 heterocycles. The van der Waals surface area contributed by atoms with Crippen LogP contribution < -0.4 is 15.8 Å². The summed E-state index contributed by atoms with van der Waals surface area (Å²) in [5.41, 5.74) is 8.67. The first-order valence-corrected chi connectivity index (χ1v) is 9.17. The van der Waals surface area contributed by atoms with Gasteiger partial charge in [-0.3, -0.25) is 4.79 Å². The fourth-order valence-electron chi connectivity index (χ4n) is 3.14. The number of nitrogen functional groups attached to an aromatic ring is 1. The molecule has 0 saturated carbocycles. The van der Waals surface area contributed by atoms with Crippen LogP contribution in [0.3, 0.4) is 0 Å². The van der Waals surface area contributed by atoms with E-state index in [0.29, 0.717) is 30.4 Å². The molecule has 1 aromatic heterocycles. The van der Waals surface area contributed by atoms with Gasteiger partial charge in [0.05, 0.1) is 6.61 Å². The minimum absolute atomic E-state index is 0.0474. The zero-order valence-electron chi connectivity index (χ0n) is 14.8. The normalized spacial score (nSPS) is 16.0. The van der Waals surface area contributed by atoms with Crippen LogP contribution in [0.25, 0.3) is 0 Å². The summed E-state index contributed by atoms with van der Waals surface area (Å²) in [6.45, 7) is 2.45. The molecule has 0 bridgehead atoms. The Morgan fingerprint density at radius 2 is 2.31 bits per heavy atom. The average Bonchev–Trinajstić information content (AvgIpc) is 2.60. The van der Waals surface area contributed by atoms with Crippen LogP contribution in [0.1, 0.15) is 36.1 Å². The number of carbonyl (C=O) groups excluding carboxylic acids is 1. The highest BCUT2D eigenvalue weighted by molar-refractivity contribution is 6.30. The molecule has 0 spiro atoms. The number of ether oxygens (including phenoxy) is 1. The van der Waals surface area contributed by atoms with Crippen molar-refractivity contribution in [1.29, 1.82) is 0 Å². The maximum Gasteiger partial charge on any atom is 0.220 e. The smallest absolute Gasteiger partial charge is 0.220 e. The number of nitrogens with zero attached hydrogens (tertiary/aromatic N) is 2. The van der Waals surface area contributed by atoms with E-state index in [1.165, 1.54) is 0 Å². The van der Waals surface area contributed by atoms with E-state index in [-0.39, 0.29) is 11.9 Å². The first-order chi connectivity index (χ1) is 12.5. The molecule has 0 radical (unpaired) electrons. The number of fused-ring (bicyclic) bond motifs is 1. The van der Waals surface area contributed by atoms with E-state index < -0.39 is 0 Å². The minimum Gasteiger partial charge on any atom is -0.493 e. The Hall–Kier alpha value is -2.34. The fraction of sp³-hybridized carbons (Fsp3) is 0.421. The van der Waals surface area contributed by atoms with Crippen molar-refractivity contribution in [2.75, 3.05) is 12.3 Å². The highest BCUT2D eigenvalue weighted by Gasteiger charge is 2.21. The third-order valence-corrected chi connectivity index (χ3v) is 4.71. The number of halogens is 1. The molecule has 3 rings (SSSR count). The highest BCUT2D eigenvalue weighted by atomic mass is 35.5. The van der Waals surface area contributed by atoms with Crippen LogP contribution in [0, 0.1) is 6.92 Å². The Morgan fingerprint density at radius 3 is 3.12 bits per heavy atom. The number of amides is 1. The summed E-state index contributed by atoms with van der Waals surface area (Å²) in [4.78, 5) is 20.5. The second-order valence-corrected chi connectivity index (χ2v) is 7.01. The van der Waals surface area contributed by atoms with E-state index in [4.69, 9.17) is 22.1 Å². The number of aromatic nitrogens is 2. The number of aryl methyl sites for hydroxylation is 2. The van der Waals surface area contributed by atoms with Crippen molar-refractivity contribution in [3.05, 3.63) is 46.2 Å². The zero-order valence-corrected chi connectivity index (χ0v) is 15.6. The number of carbonyl (C=O) groups is 1. The highest BCUT2D eigenvalue weighted by Crippen LogP contribution is 2.22. The van der Waals surface area contributed by atoms with Crippen molar-refractivity contribution in [1.82, 2.24) is 15.3 Å². The van der Waals surface area contributed by atoms with E-state index in [1.807, 2.05) is 19.1 Å². The molecular weight excluding hydrogens is 352 g/mol. The molecule has 26 heavy (non-hydrogen) atoms. The summed E-state index contributed by atoms with van der Waals surface area (Å²) in [5.74, 6) is 1.16. The lowest BCUT2D eigenvalue weighted by molar-refractivity contribution is -0.122. The lowest BCUT2D eigenvalue weighted by Crippen LogP contribution is -2.39. The molecule has 2 aromatic rings. The van der Waals surface area contributed by atoms with Crippen LogP contribution in [0.15, 0.2) is 24.4 Å². The maximum atomic E-state index is 12.2. The van der Waals surface area contributed by atoms with Crippen LogP contribution in [0.4, 0.5) is 5.95 Å². The van der Waals surface area contributed by atoms with Gasteiger partial charge in [-0.05, 0) is 61.9 Å². The van der Waals surface area contributed by atoms with Crippen LogP contribution in [-0.2, 0) is 17.6 Å². The Balaban J connectivity index is 1.40. The Labute approximate surface area is 158 Å². The third kappa shape index (κ3) is 4.85. The number of hydrogen-bond acceptors (Lipinski definition) is 5. The van der Waals surface area contributed by atoms with E-state index in [0.717, 1.165) is 41.8 Å². The second-order valence-electron chi connectivity index (χ2n) is 6.57. The van der Waals surface area contributed by atoms with Gasteiger partial charge in [-0.2, -0.15) is 0 Å². The van der Waals surface area contributed by atoms with Gasteiger partial charge < -0.3 is 15.8 Å². The van der Waals surface area contributed by atoms with Crippen LogP contribution in [0.2, 0.25) is 5.02 Å². The molecule has 1 atom stereocenters. The molecule has 3 N–H and O–H groups in total. The standard InChI is InChI=1S/C19H23ClN4O2/c1-12-9-14(20)4-7-17(12)26-8-2-3-18(25)23-15-5-6-16-13(10-15)11-22-19(21)24-16/h4,7,9,11,15H,2-3,5-6,8,10H2,1H3,(H,23,25)(H2,21,22,24). The van der Waals surface area contributed by atoms with Gasteiger partial charge in [0.25, 0.3) is 0 Å². The van der Waals surface area contributed by atoms with Crippen molar-refractivity contribution in [2.24, 2.45) is 0 Å². The van der Waals surface area contributed by atoms with Gasteiger partial charge in [0.1, 0.15) is 5.75 Å². The van der Waals surface area contributed by atoms with Crippen molar-refractivity contribution < 1.29 is 9.53 Å². The third-order valence-electron chi connectivity index (χ3n) is 4.48. The predicted octanol–water partition coefficient (Wildman–Crippen LogP) is 2.85. The van der Waals surface area contributed by atoms with Gasteiger partial charge in [-0.25, -0.2) is 9.97 Å². The van der Waals surface area contributed by atoms with Crippen LogP contribution >= 0.6 is 11.6 Å². The zero-order chi connectivity index (χ0) is 18.5. The van der Waals surface area contributed by atoms with Crippen molar-refractivity contribution in [3.63, 3.8) is 0 Å². The number of hydrogen-bond donors (Lipinski definition) is 2. The molecule has 0 fully saturated rings.